The van der Waals surface area contributed by atoms with Crippen molar-refractivity contribution in [3.05, 3.63) is 223 Å². The van der Waals surface area contributed by atoms with E-state index in [4.69, 9.17) is 9.97 Å². The molecule has 2 atom stereocenters. The molecule has 0 aliphatic heterocycles. The summed E-state index contributed by atoms with van der Waals surface area (Å²) in [5.41, 5.74) is 17.1. The van der Waals surface area contributed by atoms with E-state index in [2.05, 4.69) is 241 Å². The van der Waals surface area contributed by atoms with Crippen LogP contribution < -0.4 is 0 Å². The predicted molar refractivity (Wildman–Crippen MR) is 301 cm³/mol. The van der Waals surface area contributed by atoms with Crippen molar-refractivity contribution < 1.29 is 0 Å². The third kappa shape index (κ3) is 6.71. The summed E-state index contributed by atoms with van der Waals surface area (Å²) in [6, 6.07) is 75.0. The van der Waals surface area contributed by atoms with Gasteiger partial charge in [-0.25, -0.2) is 9.97 Å². The summed E-state index contributed by atoms with van der Waals surface area (Å²) < 4.78 is 6.11. The lowest BCUT2D eigenvalue weighted by molar-refractivity contribution is 1.01. The number of nitrogens with zero attached hydrogens (tertiary/aromatic N) is 4. The molecule has 0 spiro atoms. The smallest absolute Gasteiger partial charge is 0.235 e. The number of allylic oxidation sites excluding steroid dienone is 1. The van der Waals surface area contributed by atoms with Gasteiger partial charge in [-0.1, -0.05) is 190 Å². The molecule has 338 valence electrons. The maximum Gasteiger partial charge on any atom is 0.235 e. The zero-order chi connectivity index (χ0) is 47.2. The van der Waals surface area contributed by atoms with Gasteiger partial charge in [-0.3, -0.25) is 4.57 Å². The van der Waals surface area contributed by atoms with Crippen molar-refractivity contribution in [1.82, 2.24) is 19.1 Å². The van der Waals surface area contributed by atoms with E-state index in [9.17, 15) is 0 Å². The van der Waals surface area contributed by atoms with Crippen molar-refractivity contribution in [2.24, 2.45) is 5.92 Å². The molecule has 0 radical (unpaired) electrons. The van der Waals surface area contributed by atoms with Crippen molar-refractivity contribution in [3.63, 3.8) is 0 Å². The van der Waals surface area contributed by atoms with Crippen LogP contribution in [0.25, 0.3) is 127 Å². The van der Waals surface area contributed by atoms with Gasteiger partial charge in [-0.05, 0) is 94.3 Å². The molecule has 0 amide bonds. The summed E-state index contributed by atoms with van der Waals surface area (Å²) in [6.45, 7) is 4.25. The average molecular weight is 929 g/mol. The lowest BCUT2D eigenvalue weighted by Crippen LogP contribution is -2.04. The number of benzene rings is 9. The topological polar surface area (TPSA) is 35.6 Å². The normalized spacial score (nSPS) is 14.8. The van der Waals surface area contributed by atoms with E-state index in [1.165, 1.54) is 72.6 Å². The summed E-state index contributed by atoms with van der Waals surface area (Å²) in [4.78, 5) is 12.5. The van der Waals surface area contributed by atoms with Gasteiger partial charge in [0.05, 0.1) is 33.3 Å². The molecule has 0 saturated heterocycles. The number of hydrogen-bond donors (Lipinski definition) is 0. The third-order valence-corrected chi connectivity index (χ3v) is 16.0. The summed E-state index contributed by atoms with van der Waals surface area (Å²) >= 11 is 2.01. The van der Waals surface area contributed by atoms with E-state index in [1.807, 2.05) is 11.3 Å². The van der Waals surface area contributed by atoms with Gasteiger partial charge in [0.15, 0.2) is 0 Å². The van der Waals surface area contributed by atoms with Crippen molar-refractivity contribution in [3.8, 4) is 56.3 Å². The number of fused-ring (bicyclic) bond motifs is 12. The van der Waals surface area contributed by atoms with Gasteiger partial charge in [0.25, 0.3) is 0 Å². The molecule has 4 heterocycles. The molecule has 71 heavy (non-hydrogen) atoms. The molecular weight excluding hydrogens is 881 g/mol. The van der Waals surface area contributed by atoms with Crippen molar-refractivity contribution >= 4 is 82.0 Å². The minimum absolute atomic E-state index is 0.639. The molecule has 0 N–H and O–H groups in total. The zero-order valence-electron chi connectivity index (χ0n) is 39.6. The zero-order valence-corrected chi connectivity index (χ0v) is 40.4. The van der Waals surface area contributed by atoms with Crippen LogP contribution in [0, 0.1) is 5.92 Å². The van der Waals surface area contributed by atoms with E-state index in [1.54, 1.807) is 4.88 Å². The molecular formula is C66H48N4S. The van der Waals surface area contributed by atoms with Gasteiger partial charge in [-0.15, -0.1) is 11.3 Å². The fourth-order valence-corrected chi connectivity index (χ4v) is 12.8. The van der Waals surface area contributed by atoms with E-state index in [0.717, 1.165) is 66.7 Å². The molecule has 1 fully saturated rings. The second kappa shape index (κ2) is 16.6. The van der Waals surface area contributed by atoms with Crippen LogP contribution in [0.5, 0.6) is 0 Å². The molecule has 13 aromatic rings. The lowest BCUT2D eigenvalue weighted by Gasteiger charge is -2.14. The number of thiophene rings is 1. The molecule has 2 aliphatic carbocycles. The van der Waals surface area contributed by atoms with Crippen LogP contribution in [0.4, 0.5) is 0 Å². The maximum absolute atomic E-state index is 5.50. The Morgan fingerprint density at radius 2 is 1.06 bits per heavy atom. The highest BCUT2D eigenvalue weighted by molar-refractivity contribution is 7.20. The first-order valence-electron chi connectivity index (χ1n) is 25.0. The van der Waals surface area contributed by atoms with E-state index >= 15 is 0 Å². The lowest BCUT2D eigenvalue weighted by atomic mass is 9.94. The Labute approximate surface area is 416 Å². The Kier molecular flexibility index (Phi) is 9.75. The summed E-state index contributed by atoms with van der Waals surface area (Å²) in [5, 5.41) is 7.17. The monoisotopic (exact) mass is 928 g/mol. The predicted octanol–water partition coefficient (Wildman–Crippen LogP) is 18.3. The van der Waals surface area contributed by atoms with Crippen LogP contribution >= 0.6 is 11.3 Å². The summed E-state index contributed by atoms with van der Waals surface area (Å²) in [7, 11) is 0. The first-order valence-corrected chi connectivity index (χ1v) is 25.8. The molecule has 2 aliphatic rings. The Bertz CT molecular complexity index is 4230. The minimum Gasteiger partial charge on any atom is -0.309 e. The molecule has 5 heteroatoms. The molecule has 4 aromatic heterocycles. The molecule has 2 unspecified atom stereocenters. The van der Waals surface area contributed by atoms with E-state index in [0.29, 0.717) is 11.9 Å². The summed E-state index contributed by atoms with van der Waals surface area (Å²) in [5.74, 6) is 2.08. The van der Waals surface area contributed by atoms with Gasteiger partial charge in [0.1, 0.15) is 0 Å². The number of aromatic nitrogens is 4. The van der Waals surface area contributed by atoms with Crippen molar-refractivity contribution in [2.45, 2.75) is 32.6 Å². The highest BCUT2D eigenvalue weighted by Crippen LogP contribution is 2.57. The molecule has 15 rings (SSSR count). The van der Waals surface area contributed by atoms with E-state index < -0.39 is 0 Å². The first-order chi connectivity index (χ1) is 35.1. The van der Waals surface area contributed by atoms with Crippen LogP contribution in [0.15, 0.2) is 212 Å². The van der Waals surface area contributed by atoms with Crippen LogP contribution in [-0.2, 0) is 0 Å². The molecule has 1 saturated carbocycles. The second-order valence-corrected chi connectivity index (χ2v) is 20.2. The Morgan fingerprint density at radius 3 is 1.80 bits per heavy atom. The molecule has 9 aromatic carbocycles. The fraction of sp³-hybridized carbons (Fsp3) is 0.0909. The first kappa shape index (κ1) is 41.6. The SMILES string of the molecule is C1=CC2CC2c2sc3c(-c4cccc(-c5cccc(-c6cccc7c8cc(-n9c%10ccccc%10c%10ccccc%109)ccc8n(-c8nc(-c9ccccc9)c9ccccc9n8)c67)c5)c4)cccc3c21.CCC. The van der Waals surface area contributed by atoms with Crippen LogP contribution in [-0.4, -0.2) is 19.1 Å². The molecule has 0 bridgehead atoms. The summed E-state index contributed by atoms with van der Waals surface area (Å²) in [6.07, 6.45) is 7.35. The number of rotatable bonds is 6. The number of hydrogen-bond acceptors (Lipinski definition) is 3. The van der Waals surface area contributed by atoms with Gasteiger partial charge in [0, 0.05) is 64.6 Å². The van der Waals surface area contributed by atoms with Gasteiger partial charge in [0.2, 0.25) is 5.95 Å². The van der Waals surface area contributed by atoms with E-state index in [-0.39, 0.29) is 0 Å². The Morgan fingerprint density at radius 1 is 0.479 bits per heavy atom. The standard InChI is InChI=1S/C63H40N4S.C3H8/c1-2-14-38(15-3-1)59-52-22-4-7-27-55(52)64-63(65-59)67-58-33-31-44(66-56-28-8-5-20-47(56)48-21-6-9-29-57(48)66)37-54(58)49-25-12-23-45(60(49)67)41-18-10-16-39(34-41)40-17-11-19-42(35-40)46-24-13-26-50-51-32-30-43-36-53(43)62(51)68-61(46)50;1-3-2/h1-35,37,43,53H,36H2;3H2,1-2H3. The van der Waals surface area contributed by atoms with Gasteiger partial charge in [-0.2, -0.15) is 0 Å². The Hall–Kier alpha value is -8.38. The quantitative estimate of drug-likeness (QED) is 0.167. The highest BCUT2D eigenvalue weighted by Gasteiger charge is 2.41. The average Bonchev–Trinajstić information content (AvgIpc) is 3.87. The maximum atomic E-state index is 5.50. The van der Waals surface area contributed by atoms with Crippen LogP contribution in [0.1, 0.15) is 43.0 Å². The van der Waals surface area contributed by atoms with Crippen molar-refractivity contribution in [2.75, 3.05) is 0 Å². The molecule has 4 nitrogen and oxygen atoms in total. The second-order valence-electron chi connectivity index (χ2n) is 19.2. The highest BCUT2D eigenvalue weighted by atomic mass is 32.1. The number of para-hydroxylation sites is 4. The third-order valence-electron chi connectivity index (χ3n) is 14.6. The Balaban J connectivity index is 0.00000153. The van der Waals surface area contributed by atoms with Gasteiger partial charge < -0.3 is 4.57 Å². The minimum atomic E-state index is 0.639. The van der Waals surface area contributed by atoms with Crippen LogP contribution in [0.2, 0.25) is 0 Å². The largest absolute Gasteiger partial charge is 0.309 e. The van der Waals surface area contributed by atoms with Gasteiger partial charge >= 0.3 is 0 Å². The van der Waals surface area contributed by atoms with Crippen LogP contribution in [0.3, 0.4) is 0 Å². The fourth-order valence-electron chi connectivity index (χ4n) is 11.3. The van der Waals surface area contributed by atoms with Crippen molar-refractivity contribution in [1.29, 1.82) is 0 Å².